The summed E-state index contributed by atoms with van der Waals surface area (Å²) in [5.41, 5.74) is 5.81. The Hall–Kier alpha value is -3.69. The summed E-state index contributed by atoms with van der Waals surface area (Å²) in [6.45, 7) is 9.08. The number of halogens is 1. The third-order valence-corrected chi connectivity index (χ3v) is 7.77. The number of fused-ring (bicyclic) bond motifs is 3. The highest BCUT2D eigenvalue weighted by molar-refractivity contribution is 5.97. The molecule has 1 N–H and O–H groups in total. The summed E-state index contributed by atoms with van der Waals surface area (Å²) in [5, 5.41) is 4.22. The van der Waals surface area contributed by atoms with Crippen molar-refractivity contribution in [3.63, 3.8) is 0 Å². The lowest BCUT2D eigenvalue weighted by molar-refractivity contribution is 0.0869. The summed E-state index contributed by atoms with van der Waals surface area (Å²) in [6, 6.07) is 12.0. The van der Waals surface area contributed by atoms with Crippen molar-refractivity contribution in [3.8, 4) is 17.0 Å². The van der Waals surface area contributed by atoms with E-state index in [1.165, 1.54) is 6.20 Å². The molecule has 0 aliphatic carbocycles. The van der Waals surface area contributed by atoms with E-state index in [0.29, 0.717) is 30.6 Å². The molecule has 0 amide bonds. The standard InChI is InChI=1S/C30H37FN6O2/c1-19-14-22(26(38-7)15-24(19)36(6)18-30(2,3)35(4)5)33-29-32-16-21(31)28(34-29)27-20-10-8-9-11-23(20)37-12-13-39-17-25(27)37/h8-11,14-16H,12-13,17-18H2,1-7H3,(H,32,33,34). The molecule has 1 aliphatic heterocycles. The van der Waals surface area contributed by atoms with Crippen molar-refractivity contribution in [1.82, 2.24) is 19.4 Å². The maximum absolute atomic E-state index is 15.3. The van der Waals surface area contributed by atoms with Gasteiger partial charge in [0.25, 0.3) is 0 Å². The first-order valence-electron chi connectivity index (χ1n) is 13.2. The van der Waals surface area contributed by atoms with Crippen LogP contribution in [0.3, 0.4) is 0 Å². The van der Waals surface area contributed by atoms with Gasteiger partial charge in [-0.05, 0) is 52.6 Å². The first-order valence-corrected chi connectivity index (χ1v) is 13.2. The van der Waals surface area contributed by atoms with Crippen molar-refractivity contribution in [2.24, 2.45) is 0 Å². The molecule has 0 saturated carbocycles. The Kier molecular flexibility index (Phi) is 7.22. The molecule has 0 unspecified atom stereocenters. The lowest BCUT2D eigenvalue weighted by Crippen LogP contribution is -2.47. The number of ether oxygens (including phenoxy) is 2. The molecule has 0 radical (unpaired) electrons. The minimum atomic E-state index is -0.478. The second kappa shape index (κ2) is 10.5. The normalized spacial score (nSPS) is 13.6. The number of nitrogens with zero attached hydrogens (tertiary/aromatic N) is 5. The number of aryl methyl sites for hydroxylation is 1. The fourth-order valence-electron chi connectivity index (χ4n) is 5.24. The van der Waals surface area contributed by atoms with E-state index >= 15 is 4.39 Å². The topological polar surface area (TPSA) is 67.7 Å². The van der Waals surface area contributed by atoms with E-state index in [0.717, 1.165) is 46.5 Å². The minimum absolute atomic E-state index is 0.0167. The van der Waals surface area contributed by atoms with Crippen molar-refractivity contribution in [1.29, 1.82) is 0 Å². The minimum Gasteiger partial charge on any atom is -0.494 e. The molecular formula is C30H37FN6O2. The molecular weight excluding hydrogens is 495 g/mol. The van der Waals surface area contributed by atoms with Crippen LogP contribution in [0.2, 0.25) is 0 Å². The van der Waals surface area contributed by atoms with Crippen LogP contribution < -0.4 is 15.0 Å². The summed E-state index contributed by atoms with van der Waals surface area (Å²) in [4.78, 5) is 13.4. The summed E-state index contributed by atoms with van der Waals surface area (Å²) >= 11 is 0. The van der Waals surface area contributed by atoms with E-state index in [4.69, 9.17) is 9.47 Å². The SMILES string of the molecule is COc1cc(N(C)CC(C)(C)N(C)C)c(C)cc1Nc1ncc(F)c(-c2c3n(c4ccccc24)CCOC3)n1. The number of hydrogen-bond acceptors (Lipinski definition) is 7. The van der Waals surface area contributed by atoms with Crippen LogP contribution in [0.25, 0.3) is 22.2 Å². The van der Waals surface area contributed by atoms with Gasteiger partial charge in [0, 0.05) is 53.9 Å². The average molecular weight is 533 g/mol. The quantitative estimate of drug-likeness (QED) is 0.317. The Morgan fingerprint density at radius 2 is 1.95 bits per heavy atom. The van der Waals surface area contributed by atoms with Crippen LogP contribution in [-0.4, -0.2) is 66.4 Å². The summed E-state index contributed by atoms with van der Waals surface area (Å²) in [6.07, 6.45) is 1.22. The fraction of sp³-hybridized carbons (Fsp3) is 0.400. The highest BCUT2D eigenvalue weighted by atomic mass is 19.1. The maximum Gasteiger partial charge on any atom is 0.228 e. The van der Waals surface area contributed by atoms with Crippen molar-refractivity contribution in [3.05, 3.63) is 59.7 Å². The largest absolute Gasteiger partial charge is 0.494 e. The predicted octanol–water partition coefficient (Wildman–Crippen LogP) is 5.60. The Bertz CT molecular complexity index is 1510. The van der Waals surface area contributed by atoms with Crippen LogP contribution in [0.4, 0.5) is 21.7 Å². The highest BCUT2D eigenvalue weighted by Crippen LogP contribution is 2.39. The predicted molar refractivity (Wildman–Crippen MR) is 155 cm³/mol. The van der Waals surface area contributed by atoms with Gasteiger partial charge in [0.1, 0.15) is 11.4 Å². The summed E-state index contributed by atoms with van der Waals surface area (Å²) in [5.74, 6) is 0.466. The van der Waals surface area contributed by atoms with Crippen LogP contribution in [0.1, 0.15) is 25.1 Å². The molecule has 0 saturated heterocycles. The molecule has 2 aromatic heterocycles. The lowest BCUT2D eigenvalue weighted by Gasteiger charge is -2.37. The van der Waals surface area contributed by atoms with E-state index in [2.05, 4.69) is 77.6 Å². The van der Waals surface area contributed by atoms with Gasteiger partial charge in [0.2, 0.25) is 5.95 Å². The molecule has 8 nitrogen and oxygen atoms in total. The number of aromatic nitrogens is 3. The molecule has 0 spiro atoms. The van der Waals surface area contributed by atoms with E-state index in [1.54, 1.807) is 7.11 Å². The second-order valence-electron chi connectivity index (χ2n) is 11.0. The molecule has 0 fully saturated rings. The van der Waals surface area contributed by atoms with Crippen molar-refractivity contribution in [2.75, 3.05) is 51.6 Å². The molecule has 206 valence electrons. The average Bonchev–Trinajstić information content (AvgIpc) is 3.24. The molecule has 39 heavy (non-hydrogen) atoms. The van der Waals surface area contributed by atoms with Crippen LogP contribution in [0.5, 0.6) is 5.75 Å². The van der Waals surface area contributed by atoms with Crippen LogP contribution in [-0.2, 0) is 17.9 Å². The Balaban J connectivity index is 1.51. The van der Waals surface area contributed by atoms with Gasteiger partial charge >= 0.3 is 0 Å². The third-order valence-electron chi connectivity index (χ3n) is 7.77. The van der Waals surface area contributed by atoms with Gasteiger partial charge in [0.15, 0.2) is 5.82 Å². The molecule has 5 rings (SSSR count). The zero-order chi connectivity index (χ0) is 27.9. The van der Waals surface area contributed by atoms with Gasteiger partial charge in [0.05, 0.1) is 37.9 Å². The Morgan fingerprint density at radius 3 is 2.69 bits per heavy atom. The lowest BCUT2D eigenvalue weighted by atomic mass is 10.0. The number of anilines is 3. The molecule has 0 atom stereocenters. The van der Waals surface area contributed by atoms with Crippen LogP contribution in [0.15, 0.2) is 42.6 Å². The van der Waals surface area contributed by atoms with Crippen LogP contribution in [0, 0.1) is 12.7 Å². The summed E-state index contributed by atoms with van der Waals surface area (Å²) in [7, 11) is 7.90. The van der Waals surface area contributed by atoms with Crippen LogP contribution >= 0.6 is 0 Å². The van der Waals surface area contributed by atoms with Gasteiger partial charge in [-0.2, -0.15) is 0 Å². The Morgan fingerprint density at radius 1 is 1.18 bits per heavy atom. The number of para-hydroxylation sites is 1. The maximum atomic E-state index is 15.3. The van der Waals surface area contributed by atoms with Crippen molar-refractivity contribution in [2.45, 2.75) is 39.5 Å². The monoisotopic (exact) mass is 532 g/mol. The smallest absolute Gasteiger partial charge is 0.228 e. The summed E-state index contributed by atoms with van der Waals surface area (Å²) < 4.78 is 29.0. The van der Waals surface area contributed by atoms with E-state index in [1.807, 2.05) is 30.3 Å². The molecule has 3 heterocycles. The van der Waals surface area contributed by atoms with Crippen molar-refractivity contribution < 1.29 is 13.9 Å². The number of methoxy groups -OCH3 is 1. The molecule has 2 aromatic carbocycles. The number of nitrogens with one attached hydrogen (secondary N) is 1. The van der Waals surface area contributed by atoms with Gasteiger partial charge in [-0.15, -0.1) is 0 Å². The number of benzene rings is 2. The Labute approximate surface area is 229 Å². The first-order chi connectivity index (χ1) is 18.6. The molecule has 1 aliphatic rings. The van der Waals surface area contributed by atoms with Gasteiger partial charge < -0.3 is 29.2 Å². The number of rotatable bonds is 8. The molecule has 9 heteroatoms. The molecule has 0 bridgehead atoms. The number of likely N-dealkylation sites (N-methyl/N-ethyl adjacent to an activating group) is 2. The van der Waals surface area contributed by atoms with E-state index in [-0.39, 0.29) is 11.2 Å². The van der Waals surface area contributed by atoms with E-state index < -0.39 is 5.82 Å². The van der Waals surface area contributed by atoms with Gasteiger partial charge in [-0.1, -0.05) is 18.2 Å². The highest BCUT2D eigenvalue weighted by Gasteiger charge is 2.26. The number of hydrogen-bond donors (Lipinski definition) is 1. The zero-order valence-corrected chi connectivity index (χ0v) is 23.8. The van der Waals surface area contributed by atoms with Gasteiger partial charge in [-0.25, -0.2) is 14.4 Å². The fourth-order valence-corrected chi connectivity index (χ4v) is 5.24. The third kappa shape index (κ3) is 5.04. The first kappa shape index (κ1) is 26.9. The second-order valence-corrected chi connectivity index (χ2v) is 11.0. The van der Waals surface area contributed by atoms with Gasteiger partial charge in [-0.3, -0.25) is 0 Å². The molecule has 4 aromatic rings. The van der Waals surface area contributed by atoms with Crippen molar-refractivity contribution >= 4 is 28.2 Å². The zero-order valence-electron chi connectivity index (χ0n) is 23.8. The van der Waals surface area contributed by atoms with E-state index in [9.17, 15) is 0 Å².